The van der Waals surface area contributed by atoms with Gasteiger partial charge in [0.25, 0.3) is 0 Å². The van der Waals surface area contributed by atoms with E-state index in [4.69, 9.17) is 24.4 Å². The standard InChI is InChI=1S/C34H68O2.C21H42O4.C20H40O2/c1-4-5-6-7-8-9-10-11-12-13-16-19-22-25-28-31-34(35)36-32-29-26-23-20-17-14-15-18-21-24-27-30-33(2)3;1-2-3-4-5-6-7-8-9-10-11-12-13-14-15-16-17-21(24)25-19-20(23)18-22;1-4-5-6-7-8-9-10-11-12-13-14-15-16-17-20(21)22-18-19(2)3/h33H,4-32H2,1-3H3;20,22-23H,2-19H2,1H3;19H,4-18H2,1-3H3. The van der Waals surface area contributed by atoms with E-state index >= 15 is 0 Å². The second-order valence-electron chi connectivity index (χ2n) is 26.3. The Bertz CT molecular complexity index is 1220. The van der Waals surface area contributed by atoms with E-state index in [2.05, 4.69) is 48.5 Å². The highest BCUT2D eigenvalue weighted by atomic mass is 16.5. The lowest BCUT2D eigenvalue weighted by atomic mass is 10.0. The first kappa shape index (κ1) is 85.5. The van der Waals surface area contributed by atoms with Gasteiger partial charge in [0.05, 0.1) is 19.8 Å². The van der Waals surface area contributed by atoms with Gasteiger partial charge in [-0.1, -0.05) is 376 Å². The molecule has 0 aliphatic heterocycles. The fourth-order valence-electron chi connectivity index (χ4n) is 10.7. The third-order valence-electron chi connectivity index (χ3n) is 16.4. The third-order valence-corrected chi connectivity index (χ3v) is 16.4. The van der Waals surface area contributed by atoms with E-state index in [-0.39, 0.29) is 31.1 Å². The lowest BCUT2D eigenvalue weighted by Gasteiger charge is -2.08. The number of carbonyl (C=O) groups excluding carboxylic acids is 3. The van der Waals surface area contributed by atoms with Gasteiger partial charge < -0.3 is 24.4 Å². The summed E-state index contributed by atoms with van der Waals surface area (Å²) < 4.78 is 15.5. The zero-order valence-corrected chi connectivity index (χ0v) is 57.4. The molecule has 0 aromatic rings. The van der Waals surface area contributed by atoms with Gasteiger partial charge in [-0.25, -0.2) is 0 Å². The number of esters is 3. The number of aliphatic hydroxyl groups excluding tert-OH is 2. The second-order valence-corrected chi connectivity index (χ2v) is 26.3. The Morgan fingerprint density at radius 2 is 0.494 bits per heavy atom. The number of rotatable bonds is 65. The summed E-state index contributed by atoms with van der Waals surface area (Å²) in [6, 6.07) is 0. The summed E-state index contributed by atoms with van der Waals surface area (Å²) >= 11 is 0. The highest BCUT2D eigenvalue weighted by Crippen LogP contribution is 2.18. The van der Waals surface area contributed by atoms with Crippen LogP contribution in [0, 0.1) is 11.8 Å². The van der Waals surface area contributed by atoms with E-state index in [0.717, 1.165) is 38.0 Å². The fraction of sp³-hybridized carbons (Fsp3) is 0.960. The Hall–Kier alpha value is -1.67. The Morgan fingerprint density at radius 1 is 0.277 bits per heavy atom. The van der Waals surface area contributed by atoms with Gasteiger partial charge in [-0.2, -0.15) is 0 Å². The van der Waals surface area contributed by atoms with E-state index in [9.17, 15) is 14.4 Å². The Morgan fingerprint density at radius 3 is 0.735 bits per heavy atom. The van der Waals surface area contributed by atoms with E-state index in [1.165, 1.54) is 321 Å². The molecular formula is C75H150O8. The van der Waals surface area contributed by atoms with Crippen molar-refractivity contribution in [2.75, 3.05) is 26.4 Å². The molecule has 0 heterocycles. The van der Waals surface area contributed by atoms with Gasteiger partial charge in [0.15, 0.2) is 0 Å². The molecule has 1 unspecified atom stereocenters. The normalized spacial score (nSPS) is 11.6. The van der Waals surface area contributed by atoms with Crippen LogP contribution in [0.4, 0.5) is 0 Å². The number of hydrogen-bond acceptors (Lipinski definition) is 8. The third kappa shape index (κ3) is 84.6. The molecule has 0 bridgehead atoms. The number of carbonyl (C=O) groups is 3. The quantitative estimate of drug-likeness (QED) is 0.0351. The molecule has 83 heavy (non-hydrogen) atoms. The topological polar surface area (TPSA) is 119 Å². The number of aliphatic hydroxyl groups is 2. The zero-order valence-electron chi connectivity index (χ0n) is 57.4. The maximum Gasteiger partial charge on any atom is 0.305 e. The van der Waals surface area contributed by atoms with Gasteiger partial charge in [0.1, 0.15) is 12.7 Å². The summed E-state index contributed by atoms with van der Waals surface area (Å²) in [5.41, 5.74) is 0. The van der Waals surface area contributed by atoms with Crippen LogP contribution in [0.2, 0.25) is 0 Å². The first-order valence-corrected chi connectivity index (χ1v) is 37.3. The number of ether oxygens (including phenoxy) is 3. The monoisotopic (exact) mass is 1180 g/mol. The summed E-state index contributed by atoms with van der Waals surface area (Å²) in [7, 11) is 0. The molecule has 1 atom stereocenters. The summed E-state index contributed by atoms with van der Waals surface area (Å²) in [4.78, 5) is 34.7. The van der Waals surface area contributed by atoms with Gasteiger partial charge in [0.2, 0.25) is 0 Å². The van der Waals surface area contributed by atoms with Crippen molar-refractivity contribution in [3.05, 3.63) is 0 Å². The smallest absolute Gasteiger partial charge is 0.305 e. The van der Waals surface area contributed by atoms with Crippen molar-refractivity contribution in [2.45, 2.75) is 427 Å². The molecule has 0 saturated heterocycles. The molecule has 8 nitrogen and oxygen atoms in total. The van der Waals surface area contributed by atoms with Crippen molar-refractivity contribution in [3.8, 4) is 0 Å². The fourth-order valence-corrected chi connectivity index (χ4v) is 10.7. The van der Waals surface area contributed by atoms with E-state index in [1.54, 1.807) is 0 Å². The zero-order chi connectivity index (χ0) is 61.4. The Labute approximate surface area is 519 Å². The molecule has 498 valence electrons. The molecule has 0 radical (unpaired) electrons. The van der Waals surface area contributed by atoms with Crippen molar-refractivity contribution in [2.24, 2.45) is 11.8 Å². The molecule has 0 aliphatic rings. The second kappa shape index (κ2) is 76.4. The molecule has 0 rings (SSSR count). The van der Waals surface area contributed by atoms with E-state index in [1.807, 2.05) is 0 Å². The molecular weight excluding hydrogens is 1030 g/mol. The van der Waals surface area contributed by atoms with Crippen molar-refractivity contribution in [1.29, 1.82) is 0 Å². The Balaban J connectivity index is -0.00000120. The van der Waals surface area contributed by atoms with Gasteiger partial charge >= 0.3 is 17.9 Å². The summed E-state index contributed by atoms with van der Waals surface area (Å²) in [6.07, 6.45) is 74.2. The summed E-state index contributed by atoms with van der Waals surface area (Å²) in [5, 5.41) is 17.7. The number of hydrogen-bond donors (Lipinski definition) is 2. The minimum absolute atomic E-state index is 0.0169. The summed E-state index contributed by atoms with van der Waals surface area (Å²) in [5.74, 6) is 1.04. The van der Waals surface area contributed by atoms with Crippen LogP contribution in [-0.4, -0.2) is 60.7 Å². The lowest BCUT2D eigenvalue weighted by Crippen LogP contribution is -2.21. The molecule has 0 spiro atoms. The van der Waals surface area contributed by atoms with Crippen LogP contribution in [0.1, 0.15) is 421 Å². The van der Waals surface area contributed by atoms with Crippen molar-refractivity contribution >= 4 is 17.9 Å². The molecule has 2 N–H and O–H groups in total. The SMILES string of the molecule is CCCCCCCCCCCCCCCC(=O)OCC(C)C.CCCCCCCCCCCCCCCCCC(=O)OCC(O)CO.CCCCCCCCCCCCCCCCCC(=O)OCCCCCCCCCCCCCC(C)C. The molecule has 0 aromatic heterocycles. The lowest BCUT2D eigenvalue weighted by molar-refractivity contribution is -0.147. The van der Waals surface area contributed by atoms with Crippen molar-refractivity contribution < 1.29 is 38.8 Å². The molecule has 8 heteroatoms. The van der Waals surface area contributed by atoms with Crippen molar-refractivity contribution in [3.63, 3.8) is 0 Å². The maximum absolute atomic E-state index is 11.9. The van der Waals surface area contributed by atoms with Crippen LogP contribution in [0.3, 0.4) is 0 Å². The van der Waals surface area contributed by atoms with E-state index in [0.29, 0.717) is 38.4 Å². The van der Waals surface area contributed by atoms with Crippen LogP contribution in [-0.2, 0) is 28.6 Å². The highest BCUT2D eigenvalue weighted by Gasteiger charge is 2.08. The molecule has 0 fully saturated rings. The number of unbranched alkanes of at least 4 members (excludes halogenated alkanes) is 50. The highest BCUT2D eigenvalue weighted by molar-refractivity contribution is 5.69. The molecule has 0 saturated carbocycles. The van der Waals surface area contributed by atoms with E-state index < -0.39 is 6.10 Å². The van der Waals surface area contributed by atoms with Gasteiger partial charge in [-0.05, 0) is 37.5 Å². The predicted molar refractivity (Wildman–Crippen MR) is 360 cm³/mol. The van der Waals surface area contributed by atoms with Crippen LogP contribution >= 0.6 is 0 Å². The molecule has 0 aromatic carbocycles. The molecule has 0 aliphatic carbocycles. The maximum atomic E-state index is 11.9. The minimum Gasteiger partial charge on any atom is -0.466 e. The first-order valence-electron chi connectivity index (χ1n) is 37.3. The average molecular weight is 1180 g/mol. The van der Waals surface area contributed by atoms with Crippen molar-refractivity contribution in [1.82, 2.24) is 0 Å². The van der Waals surface area contributed by atoms with Crippen LogP contribution < -0.4 is 0 Å². The minimum atomic E-state index is -0.954. The van der Waals surface area contributed by atoms with Gasteiger partial charge in [0, 0.05) is 19.3 Å². The predicted octanol–water partition coefficient (Wildman–Crippen LogP) is 23.9. The first-order chi connectivity index (χ1) is 40.5. The van der Waals surface area contributed by atoms with Crippen LogP contribution in [0.15, 0.2) is 0 Å². The van der Waals surface area contributed by atoms with Gasteiger partial charge in [-0.3, -0.25) is 14.4 Å². The van der Waals surface area contributed by atoms with Crippen LogP contribution in [0.25, 0.3) is 0 Å². The van der Waals surface area contributed by atoms with Gasteiger partial charge in [-0.15, -0.1) is 0 Å². The van der Waals surface area contributed by atoms with Crippen LogP contribution in [0.5, 0.6) is 0 Å². The summed E-state index contributed by atoms with van der Waals surface area (Å²) in [6.45, 7) is 16.3. The average Bonchev–Trinajstić information content (AvgIpc) is 3.47. The molecule has 0 amide bonds. The Kier molecular flexibility index (Phi) is 78.8. The largest absolute Gasteiger partial charge is 0.466 e.